The zero-order valence-electron chi connectivity index (χ0n) is 7.40. The van der Waals surface area contributed by atoms with Crippen molar-refractivity contribution in [1.82, 2.24) is 5.31 Å². The summed E-state index contributed by atoms with van der Waals surface area (Å²) in [4.78, 5) is 0. The topological polar surface area (TPSA) is 12.0 Å². The molecule has 0 bridgehead atoms. The van der Waals surface area contributed by atoms with Crippen molar-refractivity contribution in [1.29, 1.82) is 0 Å². The van der Waals surface area contributed by atoms with Crippen molar-refractivity contribution in [2.24, 2.45) is 0 Å². The Morgan fingerprint density at radius 2 is 2.18 bits per heavy atom. The molecule has 11 heavy (non-hydrogen) atoms. The number of rotatable bonds is 4. The lowest BCUT2D eigenvalue weighted by atomic mass is 10.2. The molecule has 0 aliphatic heterocycles. The van der Waals surface area contributed by atoms with Gasteiger partial charge < -0.3 is 5.31 Å². The van der Waals surface area contributed by atoms with Crippen LogP contribution in [-0.4, -0.2) is 0 Å². The molecule has 0 saturated carbocycles. The highest BCUT2D eigenvalue weighted by molar-refractivity contribution is 5.14. The molecule has 0 heterocycles. The Labute approximate surface area is 69.2 Å². The van der Waals surface area contributed by atoms with E-state index >= 15 is 0 Å². The molecule has 1 rings (SSSR count). The van der Waals surface area contributed by atoms with Crippen LogP contribution < -0.4 is 5.31 Å². The average Bonchev–Trinajstić information content (AvgIpc) is 2.06. The van der Waals surface area contributed by atoms with Crippen LogP contribution in [0.4, 0.5) is 0 Å². The van der Waals surface area contributed by atoms with E-state index in [0.29, 0.717) is 6.54 Å². The molecule has 0 amide bonds. The van der Waals surface area contributed by atoms with Crippen LogP contribution in [0.5, 0.6) is 0 Å². The van der Waals surface area contributed by atoms with Gasteiger partial charge in [-0.15, -0.1) is 6.58 Å². The van der Waals surface area contributed by atoms with Crippen LogP contribution in [0, 0.1) is 6.54 Å². The Balaban J connectivity index is 2.46. The number of hydrogen-bond donors (Lipinski definition) is 1. The van der Waals surface area contributed by atoms with Gasteiger partial charge in [-0.3, -0.25) is 0 Å². The monoisotopic (exact) mass is 147 g/mol. The SMILES string of the molecule is [2H]N([CH]C=C)Cc1ccccc1. The molecule has 1 nitrogen and oxygen atoms in total. The number of nitrogens with one attached hydrogen (secondary N) is 1. The van der Waals surface area contributed by atoms with E-state index in [1.54, 1.807) is 12.6 Å². The summed E-state index contributed by atoms with van der Waals surface area (Å²) in [5.41, 5.74) is 1.13. The van der Waals surface area contributed by atoms with Crippen molar-refractivity contribution in [3.8, 4) is 0 Å². The van der Waals surface area contributed by atoms with Crippen molar-refractivity contribution in [3.05, 3.63) is 55.1 Å². The molecule has 0 aliphatic rings. The first kappa shape index (κ1) is 6.62. The Morgan fingerprint density at radius 1 is 1.45 bits per heavy atom. The summed E-state index contributed by atoms with van der Waals surface area (Å²) in [7, 11) is 0. The van der Waals surface area contributed by atoms with Crippen LogP contribution in [0.2, 0.25) is 1.41 Å². The highest BCUT2D eigenvalue weighted by Crippen LogP contribution is 1.96. The fourth-order valence-electron chi connectivity index (χ4n) is 0.816. The predicted molar refractivity (Wildman–Crippen MR) is 47.8 cm³/mol. The van der Waals surface area contributed by atoms with Gasteiger partial charge in [0.15, 0.2) is 0 Å². The van der Waals surface area contributed by atoms with Crippen LogP contribution in [-0.2, 0) is 6.54 Å². The zero-order chi connectivity index (χ0) is 8.81. The standard InChI is InChI=1S/C10H12N/c1-2-8-11-9-10-6-4-3-5-7-10/h2-8,11H,1,9H2/i11D. The van der Waals surface area contributed by atoms with Crippen LogP contribution in [0.15, 0.2) is 43.0 Å². The van der Waals surface area contributed by atoms with Crippen molar-refractivity contribution in [3.63, 3.8) is 0 Å². The molecule has 0 saturated heterocycles. The molecule has 57 valence electrons. The molecule has 0 aromatic heterocycles. The second-order valence-electron chi connectivity index (χ2n) is 2.21. The fourth-order valence-corrected chi connectivity index (χ4v) is 0.816. The zero-order valence-corrected chi connectivity index (χ0v) is 6.40. The van der Waals surface area contributed by atoms with Gasteiger partial charge in [-0.2, -0.15) is 0 Å². The van der Waals surface area contributed by atoms with Crippen molar-refractivity contribution in [2.45, 2.75) is 6.54 Å². The highest BCUT2D eigenvalue weighted by atomic mass is 14.8. The van der Waals surface area contributed by atoms with Crippen molar-refractivity contribution >= 4 is 0 Å². The lowest BCUT2D eigenvalue weighted by Gasteiger charge is -1.99. The molecule has 1 heteroatoms. The molecule has 0 atom stereocenters. The van der Waals surface area contributed by atoms with Gasteiger partial charge in [0.25, 0.3) is 0 Å². The summed E-state index contributed by atoms with van der Waals surface area (Å²) in [5.74, 6) is 0. The highest BCUT2D eigenvalue weighted by Gasteiger charge is 1.86. The molecule has 0 spiro atoms. The van der Waals surface area contributed by atoms with Gasteiger partial charge in [0.1, 0.15) is 1.41 Å². The fraction of sp³-hybridized carbons (Fsp3) is 0.100. The van der Waals surface area contributed by atoms with Crippen LogP contribution >= 0.6 is 0 Å². The van der Waals surface area contributed by atoms with Crippen LogP contribution in [0.3, 0.4) is 0 Å². The molecular formula is C10H12N. The van der Waals surface area contributed by atoms with Gasteiger partial charge in [-0.1, -0.05) is 36.4 Å². The van der Waals surface area contributed by atoms with Gasteiger partial charge in [0.05, 0.1) is 0 Å². The number of hydrogen-bond acceptors (Lipinski definition) is 1. The first-order valence-corrected chi connectivity index (χ1v) is 3.58. The van der Waals surface area contributed by atoms with Crippen molar-refractivity contribution in [2.75, 3.05) is 0 Å². The van der Waals surface area contributed by atoms with Gasteiger partial charge in [0, 0.05) is 13.1 Å². The smallest absolute Gasteiger partial charge is 0.123 e. The molecule has 1 aromatic rings. The Kier molecular flexibility index (Phi) is 2.82. The average molecular weight is 147 g/mol. The molecular weight excluding hydrogens is 134 g/mol. The quantitative estimate of drug-likeness (QED) is 0.688. The third kappa shape index (κ3) is 3.01. The molecule has 1 radical (unpaired) electrons. The Bertz CT molecular complexity index is 233. The van der Waals surface area contributed by atoms with Crippen LogP contribution in [0.25, 0.3) is 0 Å². The molecule has 0 aliphatic carbocycles. The summed E-state index contributed by atoms with van der Waals surface area (Å²) < 4.78 is 7.42. The second-order valence-corrected chi connectivity index (χ2v) is 2.21. The Hall–Kier alpha value is -1.08. The van der Waals surface area contributed by atoms with Crippen LogP contribution in [0.1, 0.15) is 5.56 Å². The minimum absolute atomic E-state index is 0.604. The summed E-state index contributed by atoms with van der Waals surface area (Å²) >= 11 is 0. The maximum atomic E-state index is 7.42. The largest absolute Gasteiger partial charge is 0.305 e. The van der Waals surface area contributed by atoms with E-state index in [2.05, 4.69) is 6.58 Å². The van der Waals surface area contributed by atoms with Crippen molar-refractivity contribution < 1.29 is 1.41 Å². The minimum atomic E-state index is 0.604. The van der Waals surface area contributed by atoms with E-state index in [1.165, 1.54) is 5.31 Å². The second kappa shape index (κ2) is 4.69. The third-order valence-corrected chi connectivity index (χ3v) is 1.33. The third-order valence-electron chi connectivity index (χ3n) is 1.33. The van der Waals surface area contributed by atoms with Gasteiger partial charge in [-0.25, -0.2) is 0 Å². The van der Waals surface area contributed by atoms with E-state index in [4.69, 9.17) is 1.41 Å². The first-order chi connectivity index (χ1) is 5.83. The van der Waals surface area contributed by atoms with Gasteiger partial charge in [0.2, 0.25) is 0 Å². The van der Waals surface area contributed by atoms with E-state index in [-0.39, 0.29) is 0 Å². The van der Waals surface area contributed by atoms with Gasteiger partial charge >= 0.3 is 0 Å². The summed E-state index contributed by atoms with van der Waals surface area (Å²) in [6.07, 6.45) is 1.61. The van der Waals surface area contributed by atoms with E-state index in [0.717, 1.165) is 5.56 Å². The van der Waals surface area contributed by atoms with E-state index in [9.17, 15) is 0 Å². The van der Waals surface area contributed by atoms with E-state index in [1.807, 2.05) is 30.3 Å². The summed E-state index contributed by atoms with van der Waals surface area (Å²) in [6.45, 7) is 5.76. The maximum Gasteiger partial charge on any atom is 0.123 e. The summed E-state index contributed by atoms with van der Waals surface area (Å²) in [5, 5.41) is 1.35. The lowest BCUT2D eigenvalue weighted by Crippen LogP contribution is -2.07. The first-order valence-electron chi connectivity index (χ1n) is 4.03. The lowest BCUT2D eigenvalue weighted by molar-refractivity contribution is 0.828. The molecule has 0 unspecified atom stereocenters. The Morgan fingerprint density at radius 3 is 2.82 bits per heavy atom. The minimum Gasteiger partial charge on any atom is -0.305 e. The van der Waals surface area contributed by atoms with E-state index < -0.39 is 0 Å². The normalized spacial score (nSPS) is 11.2. The molecule has 0 fully saturated rings. The summed E-state index contributed by atoms with van der Waals surface area (Å²) in [6, 6.07) is 9.90. The van der Waals surface area contributed by atoms with Gasteiger partial charge in [-0.05, 0) is 5.56 Å². The number of benzene rings is 1. The molecule has 1 N–H and O–H groups in total. The predicted octanol–water partition coefficient (Wildman–Crippen LogP) is 2.12. The molecule has 1 aromatic carbocycles. The maximum absolute atomic E-state index is 7.42.